The Kier molecular flexibility index (Phi) is 8.76. The zero-order chi connectivity index (χ0) is 38.4. The molecular weight excluding hydrogens is 738 g/mol. The van der Waals surface area contributed by atoms with Gasteiger partial charge in [-0.25, -0.2) is 0 Å². The number of carbonyl (C=O) groups excluding carboxylic acids is 4. The number of amides is 4. The second kappa shape index (κ2) is 12.7. The fraction of sp³-hybridized carbons (Fsp3) is 0.368. The largest absolute Gasteiger partial charge is 0.573 e. The van der Waals surface area contributed by atoms with Gasteiger partial charge in [-0.2, -0.15) is 5.01 Å². The summed E-state index contributed by atoms with van der Waals surface area (Å²) in [4.78, 5) is 59.4. The van der Waals surface area contributed by atoms with E-state index in [1.54, 1.807) is 51.1 Å². The number of methoxy groups -OCH3 is 1. The highest BCUT2D eigenvalue weighted by Gasteiger charge is 2.71. The minimum Gasteiger partial charge on any atom is -0.508 e. The summed E-state index contributed by atoms with van der Waals surface area (Å²) in [6.45, 7) is 5.21. The van der Waals surface area contributed by atoms with Gasteiger partial charge in [0.25, 0.3) is 11.8 Å². The van der Waals surface area contributed by atoms with E-state index in [1.807, 2.05) is 0 Å². The van der Waals surface area contributed by atoms with Crippen molar-refractivity contribution < 1.29 is 46.9 Å². The van der Waals surface area contributed by atoms with E-state index in [4.69, 9.17) is 27.9 Å². The van der Waals surface area contributed by atoms with E-state index in [1.165, 1.54) is 30.2 Å². The van der Waals surface area contributed by atoms with E-state index in [0.29, 0.717) is 21.9 Å². The molecule has 0 spiro atoms. The highest BCUT2D eigenvalue weighted by Crippen LogP contribution is 2.65. The maximum absolute atomic E-state index is 15.3. The summed E-state index contributed by atoms with van der Waals surface area (Å²) in [6.07, 6.45) is -3.36. The molecule has 7 rings (SSSR count). The van der Waals surface area contributed by atoms with Crippen LogP contribution < -0.4 is 14.9 Å². The van der Waals surface area contributed by atoms with Crippen LogP contribution in [0.25, 0.3) is 0 Å². The van der Waals surface area contributed by atoms with Gasteiger partial charge in [-0.15, -0.1) is 13.2 Å². The molecule has 1 saturated carbocycles. The number of aromatic hydroxyl groups is 1. The van der Waals surface area contributed by atoms with Gasteiger partial charge in [0.05, 0.1) is 41.0 Å². The number of hydrogen-bond acceptors (Lipinski definition) is 8. The van der Waals surface area contributed by atoms with Crippen molar-refractivity contribution in [1.29, 1.82) is 0 Å². The fourth-order valence-corrected chi connectivity index (χ4v) is 9.26. The number of nitrogens with zero attached hydrogens (tertiary/aromatic N) is 2. The molecule has 3 aromatic rings. The number of anilines is 1. The van der Waals surface area contributed by atoms with Crippen molar-refractivity contribution in [3.05, 3.63) is 93.5 Å². The van der Waals surface area contributed by atoms with Gasteiger partial charge in [0, 0.05) is 22.0 Å². The Labute approximate surface area is 312 Å². The van der Waals surface area contributed by atoms with Crippen LogP contribution in [0.4, 0.5) is 18.9 Å². The molecule has 3 aromatic carbocycles. The lowest BCUT2D eigenvalue weighted by Gasteiger charge is -2.50. The van der Waals surface area contributed by atoms with Gasteiger partial charge in [0.15, 0.2) is 0 Å². The van der Waals surface area contributed by atoms with Gasteiger partial charge in [-0.3, -0.25) is 29.5 Å². The van der Waals surface area contributed by atoms with Crippen molar-refractivity contribution in [3.63, 3.8) is 0 Å². The number of likely N-dealkylation sites (tertiary alicyclic amines) is 1. The summed E-state index contributed by atoms with van der Waals surface area (Å²) < 4.78 is 50.4. The fourth-order valence-electron chi connectivity index (χ4n) is 8.81. The first-order valence-corrected chi connectivity index (χ1v) is 17.5. The molecule has 2 heterocycles. The number of carbonyl (C=O) groups is 4. The van der Waals surface area contributed by atoms with E-state index in [0.717, 1.165) is 23.2 Å². The Hall–Kier alpha value is -4.75. The van der Waals surface area contributed by atoms with Crippen molar-refractivity contribution in [2.75, 3.05) is 12.5 Å². The zero-order valence-corrected chi connectivity index (χ0v) is 30.3. The average Bonchev–Trinajstić information content (AvgIpc) is 3.47. The number of fused-ring (bicyclic) bond motifs is 4. The third-order valence-electron chi connectivity index (χ3n) is 10.8. The molecule has 278 valence electrons. The molecule has 4 amide bonds. The third-order valence-corrected chi connectivity index (χ3v) is 11.3. The normalized spacial score (nSPS) is 27.0. The first kappa shape index (κ1) is 36.6. The summed E-state index contributed by atoms with van der Waals surface area (Å²) in [5, 5.41) is 12.7. The number of phenols is 1. The minimum atomic E-state index is -5.10. The van der Waals surface area contributed by atoms with Crippen LogP contribution in [0.3, 0.4) is 0 Å². The van der Waals surface area contributed by atoms with Crippen LogP contribution in [0, 0.1) is 23.7 Å². The quantitative estimate of drug-likeness (QED) is 0.196. The van der Waals surface area contributed by atoms with Crippen LogP contribution >= 0.6 is 23.2 Å². The third kappa shape index (κ3) is 5.79. The predicted molar refractivity (Wildman–Crippen MR) is 187 cm³/mol. The van der Waals surface area contributed by atoms with Crippen LogP contribution in [0.15, 0.2) is 72.3 Å². The summed E-state index contributed by atoms with van der Waals surface area (Å²) in [6, 6.07) is 13.7. The van der Waals surface area contributed by atoms with Gasteiger partial charge in [-0.05, 0) is 93.6 Å². The van der Waals surface area contributed by atoms with E-state index >= 15 is 4.79 Å². The lowest BCUT2D eigenvalue weighted by molar-refractivity contribution is -0.274. The minimum absolute atomic E-state index is 0.0802. The second-order valence-electron chi connectivity index (χ2n) is 14.7. The lowest BCUT2D eigenvalue weighted by atomic mass is 9.49. The molecule has 2 aliphatic carbocycles. The van der Waals surface area contributed by atoms with Crippen LogP contribution in [0.2, 0.25) is 10.0 Å². The SMILES string of the molecule is COc1ccc(C23C(=O)N(Nc4ccc(Cl)cc4Cl)C(=O)C2CC2C(=CCC4C(=O)N(C(C)(C)C)C(=O)C42)C3c2cc(OC(F)(F)F)ccc2O)cc1. The molecule has 4 aliphatic rings. The molecule has 2 aliphatic heterocycles. The predicted octanol–water partition coefficient (Wildman–Crippen LogP) is 7.39. The Bertz CT molecular complexity index is 2080. The molecule has 3 fully saturated rings. The van der Waals surface area contributed by atoms with E-state index in [2.05, 4.69) is 10.2 Å². The van der Waals surface area contributed by atoms with Gasteiger partial charge in [0.1, 0.15) is 17.2 Å². The van der Waals surface area contributed by atoms with Crippen molar-refractivity contribution >= 4 is 52.5 Å². The summed E-state index contributed by atoms with van der Waals surface area (Å²) in [5.41, 5.74) is 0.818. The van der Waals surface area contributed by atoms with Crippen LogP contribution in [-0.4, -0.2) is 57.7 Å². The first-order chi connectivity index (χ1) is 24.9. The van der Waals surface area contributed by atoms with Gasteiger partial charge >= 0.3 is 6.36 Å². The molecule has 10 nitrogen and oxygen atoms in total. The van der Waals surface area contributed by atoms with Crippen molar-refractivity contribution in [1.82, 2.24) is 9.91 Å². The van der Waals surface area contributed by atoms with Crippen LogP contribution in [-0.2, 0) is 24.6 Å². The Balaban J connectivity index is 1.49. The lowest BCUT2D eigenvalue weighted by Crippen LogP contribution is -2.53. The maximum Gasteiger partial charge on any atom is 0.573 e. The molecular formula is C38H34Cl2F3N3O7. The molecule has 6 unspecified atom stereocenters. The van der Waals surface area contributed by atoms with E-state index < -0.39 is 76.1 Å². The summed E-state index contributed by atoms with van der Waals surface area (Å²) in [5.74, 6) is -8.16. The Morgan fingerprint density at radius 1 is 0.887 bits per heavy atom. The van der Waals surface area contributed by atoms with Crippen LogP contribution in [0.5, 0.6) is 17.2 Å². The summed E-state index contributed by atoms with van der Waals surface area (Å²) in [7, 11) is 1.45. The standard InChI is InChI=1S/C38H34Cl2F3N3O7/c1-36(2,3)45-32(48)23-12-11-22-24(30(23)34(45)50)17-26-33(49)46(44-28-13-7-19(39)15-27(28)40)35(51)37(26,18-5-8-20(52-4)9-6-18)31(22)25-16-21(10-14-29(25)47)53-38(41,42)43/h5-11,13-16,23-24,26,30-31,44,47H,12,17H2,1-4H3. The highest BCUT2D eigenvalue weighted by atomic mass is 35.5. The number of imide groups is 2. The van der Waals surface area contributed by atoms with E-state index in [-0.39, 0.29) is 35.0 Å². The Morgan fingerprint density at radius 2 is 1.57 bits per heavy atom. The van der Waals surface area contributed by atoms with Gasteiger partial charge in [-0.1, -0.05) is 47.0 Å². The number of phenolic OH excluding ortho intramolecular Hbond substituents is 1. The number of alkyl halides is 3. The first-order valence-electron chi connectivity index (χ1n) is 16.8. The topological polar surface area (TPSA) is 125 Å². The molecule has 53 heavy (non-hydrogen) atoms. The number of nitrogens with one attached hydrogen (secondary N) is 1. The van der Waals surface area contributed by atoms with Crippen molar-refractivity contribution in [2.24, 2.45) is 23.7 Å². The number of hydrogen-bond donors (Lipinski definition) is 2. The second-order valence-corrected chi connectivity index (χ2v) is 15.5. The molecule has 2 N–H and O–H groups in total. The number of benzene rings is 3. The number of rotatable bonds is 6. The monoisotopic (exact) mass is 771 g/mol. The van der Waals surface area contributed by atoms with Crippen molar-refractivity contribution in [2.45, 2.75) is 56.8 Å². The number of ether oxygens (including phenoxy) is 2. The molecule has 6 atom stereocenters. The number of allylic oxidation sites excluding steroid dienone is 2. The molecule has 15 heteroatoms. The Morgan fingerprint density at radius 3 is 2.19 bits per heavy atom. The maximum atomic E-state index is 15.3. The van der Waals surface area contributed by atoms with E-state index in [9.17, 15) is 32.7 Å². The smallest absolute Gasteiger partial charge is 0.508 e. The zero-order valence-electron chi connectivity index (χ0n) is 28.8. The molecule has 2 saturated heterocycles. The van der Waals surface area contributed by atoms with Crippen molar-refractivity contribution in [3.8, 4) is 17.2 Å². The van der Waals surface area contributed by atoms with Gasteiger partial charge < -0.3 is 14.6 Å². The average molecular weight is 773 g/mol. The number of halogens is 5. The molecule has 0 aromatic heterocycles. The van der Waals surface area contributed by atoms with Crippen LogP contribution in [0.1, 0.15) is 50.7 Å². The molecule has 0 bridgehead atoms. The number of hydrazine groups is 1. The van der Waals surface area contributed by atoms with Gasteiger partial charge in [0.2, 0.25) is 11.8 Å². The molecule has 0 radical (unpaired) electrons. The summed E-state index contributed by atoms with van der Waals surface area (Å²) >= 11 is 12.6. The highest BCUT2D eigenvalue weighted by molar-refractivity contribution is 6.36.